The minimum atomic E-state index is -0.304. The quantitative estimate of drug-likeness (QED) is 0.509. The van der Waals surface area contributed by atoms with Crippen LogP contribution in [0.1, 0.15) is 5.56 Å². The van der Waals surface area contributed by atoms with E-state index in [1.165, 1.54) is 18.3 Å². The summed E-state index contributed by atoms with van der Waals surface area (Å²) in [6.07, 6.45) is 2.00. The van der Waals surface area contributed by atoms with E-state index >= 15 is 0 Å². The average Bonchev–Trinajstić information content (AvgIpc) is 2.44. The van der Waals surface area contributed by atoms with Crippen LogP contribution in [0.5, 0.6) is 11.5 Å². The number of rotatable bonds is 5. The minimum Gasteiger partial charge on any atom is -0.457 e. The summed E-state index contributed by atoms with van der Waals surface area (Å²) in [5, 5.41) is 3.66. The van der Waals surface area contributed by atoms with Crippen LogP contribution in [-0.4, -0.2) is 12.6 Å². The molecular formula is C14H11FN2O2. The van der Waals surface area contributed by atoms with E-state index in [2.05, 4.69) is 10.5 Å². The number of nitrogens with one attached hydrogen (secondary N) is 1. The van der Waals surface area contributed by atoms with E-state index < -0.39 is 0 Å². The van der Waals surface area contributed by atoms with Crippen molar-refractivity contribution in [2.75, 3.05) is 0 Å². The Bertz CT molecular complexity index is 565. The van der Waals surface area contributed by atoms with Crippen LogP contribution < -0.4 is 10.2 Å². The highest BCUT2D eigenvalue weighted by Crippen LogP contribution is 2.21. The summed E-state index contributed by atoms with van der Waals surface area (Å²) < 4.78 is 18.3. The third-order valence-electron chi connectivity index (χ3n) is 2.27. The Hall–Kier alpha value is -2.69. The molecule has 0 aliphatic rings. The number of benzene rings is 2. The third-order valence-corrected chi connectivity index (χ3v) is 2.27. The smallest absolute Gasteiger partial charge is 0.227 e. The lowest BCUT2D eigenvalue weighted by atomic mass is 10.2. The van der Waals surface area contributed by atoms with Crippen LogP contribution in [-0.2, 0) is 4.79 Å². The third kappa shape index (κ3) is 3.92. The number of halogens is 1. The SMILES string of the molecule is O=CN/N=C/c1ccc(Oc2ccc(F)cc2)cc1. The van der Waals surface area contributed by atoms with Crippen molar-refractivity contribution < 1.29 is 13.9 Å². The van der Waals surface area contributed by atoms with Crippen LogP contribution in [0.2, 0.25) is 0 Å². The van der Waals surface area contributed by atoms with Crippen molar-refractivity contribution in [3.63, 3.8) is 0 Å². The zero-order valence-corrected chi connectivity index (χ0v) is 9.92. The van der Waals surface area contributed by atoms with Crippen molar-refractivity contribution in [3.8, 4) is 11.5 Å². The number of amides is 1. The highest BCUT2D eigenvalue weighted by Gasteiger charge is 1.97. The van der Waals surface area contributed by atoms with E-state index in [1.54, 1.807) is 36.4 Å². The summed E-state index contributed by atoms with van der Waals surface area (Å²) in [6.45, 7) is 0. The van der Waals surface area contributed by atoms with Crippen molar-refractivity contribution in [1.29, 1.82) is 0 Å². The summed E-state index contributed by atoms with van der Waals surface area (Å²) >= 11 is 0. The van der Waals surface area contributed by atoms with Gasteiger partial charge in [0, 0.05) is 0 Å². The first kappa shape index (κ1) is 12.8. The zero-order valence-electron chi connectivity index (χ0n) is 9.92. The van der Waals surface area contributed by atoms with E-state index in [9.17, 15) is 9.18 Å². The molecule has 0 aromatic heterocycles. The van der Waals surface area contributed by atoms with Crippen molar-refractivity contribution >= 4 is 12.6 Å². The molecule has 0 aliphatic carbocycles. The molecule has 2 aromatic carbocycles. The number of hydrazone groups is 1. The molecular weight excluding hydrogens is 247 g/mol. The molecule has 96 valence electrons. The van der Waals surface area contributed by atoms with Crippen LogP contribution in [0.15, 0.2) is 53.6 Å². The van der Waals surface area contributed by atoms with Crippen LogP contribution in [0.25, 0.3) is 0 Å². The lowest BCUT2D eigenvalue weighted by molar-refractivity contribution is -0.109. The number of hydrogen-bond donors (Lipinski definition) is 1. The maximum atomic E-state index is 12.7. The molecule has 0 bridgehead atoms. The Kier molecular flexibility index (Phi) is 4.23. The topological polar surface area (TPSA) is 50.7 Å². The fourth-order valence-electron chi connectivity index (χ4n) is 1.40. The van der Waals surface area contributed by atoms with E-state index in [1.807, 2.05) is 0 Å². The van der Waals surface area contributed by atoms with Gasteiger partial charge in [0.05, 0.1) is 6.21 Å². The molecule has 1 amide bonds. The first-order valence-electron chi connectivity index (χ1n) is 5.53. The number of ether oxygens (including phenoxy) is 1. The second-order valence-electron chi connectivity index (χ2n) is 3.63. The molecule has 0 atom stereocenters. The number of nitrogens with zero attached hydrogens (tertiary/aromatic N) is 1. The second-order valence-corrected chi connectivity index (χ2v) is 3.63. The predicted molar refractivity (Wildman–Crippen MR) is 69.7 cm³/mol. The van der Waals surface area contributed by atoms with Crippen LogP contribution >= 0.6 is 0 Å². The Morgan fingerprint density at radius 1 is 1.00 bits per heavy atom. The molecule has 0 unspecified atom stereocenters. The molecule has 5 heteroatoms. The monoisotopic (exact) mass is 258 g/mol. The molecule has 19 heavy (non-hydrogen) atoms. The van der Waals surface area contributed by atoms with Gasteiger partial charge in [-0.05, 0) is 54.1 Å². The molecule has 0 saturated heterocycles. The van der Waals surface area contributed by atoms with Crippen molar-refractivity contribution in [3.05, 3.63) is 59.9 Å². The highest BCUT2D eigenvalue weighted by atomic mass is 19.1. The minimum absolute atomic E-state index is 0.304. The van der Waals surface area contributed by atoms with Gasteiger partial charge in [0.2, 0.25) is 6.41 Å². The summed E-state index contributed by atoms with van der Waals surface area (Å²) in [5.74, 6) is 0.888. The Balaban J connectivity index is 2.02. The molecule has 0 fully saturated rings. The maximum absolute atomic E-state index is 12.7. The van der Waals surface area contributed by atoms with Gasteiger partial charge >= 0.3 is 0 Å². The predicted octanol–water partition coefficient (Wildman–Crippen LogP) is 2.70. The summed E-state index contributed by atoms with van der Waals surface area (Å²) in [7, 11) is 0. The summed E-state index contributed by atoms with van der Waals surface area (Å²) in [6, 6.07) is 12.9. The van der Waals surface area contributed by atoms with Crippen LogP contribution in [0, 0.1) is 5.82 Å². The first-order chi connectivity index (χ1) is 9.28. The van der Waals surface area contributed by atoms with Gasteiger partial charge in [-0.15, -0.1) is 0 Å². The van der Waals surface area contributed by atoms with Crippen LogP contribution in [0.4, 0.5) is 4.39 Å². The van der Waals surface area contributed by atoms with Gasteiger partial charge in [0.15, 0.2) is 0 Å². The molecule has 4 nitrogen and oxygen atoms in total. The van der Waals surface area contributed by atoms with Gasteiger partial charge in [0.1, 0.15) is 17.3 Å². The van der Waals surface area contributed by atoms with E-state index in [0.29, 0.717) is 17.9 Å². The van der Waals surface area contributed by atoms with Crippen molar-refractivity contribution in [1.82, 2.24) is 5.43 Å². The fourth-order valence-corrected chi connectivity index (χ4v) is 1.40. The van der Waals surface area contributed by atoms with Crippen LogP contribution in [0.3, 0.4) is 0 Å². The lowest BCUT2D eigenvalue weighted by Crippen LogP contribution is -2.00. The molecule has 0 saturated carbocycles. The average molecular weight is 258 g/mol. The van der Waals surface area contributed by atoms with Crippen molar-refractivity contribution in [2.24, 2.45) is 5.10 Å². The van der Waals surface area contributed by atoms with E-state index in [0.717, 1.165) is 5.56 Å². The van der Waals surface area contributed by atoms with Gasteiger partial charge in [-0.25, -0.2) is 9.82 Å². The zero-order chi connectivity index (χ0) is 13.5. The molecule has 0 aliphatic heterocycles. The normalized spacial score (nSPS) is 10.4. The van der Waals surface area contributed by atoms with Gasteiger partial charge in [0.25, 0.3) is 0 Å². The molecule has 2 rings (SSSR count). The number of hydrogen-bond acceptors (Lipinski definition) is 3. The molecule has 1 N–H and O–H groups in total. The first-order valence-corrected chi connectivity index (χ1v) is 5.53. The Morgan fingerprint density at radius 2 is 1.58 bits per heavy atom. The Morgan fingerprint density at radius 3 is 2.16 bits per heavy atom. The van der Waals surface area contributed by atoms with Gasteiger partial charge < -0.3 is 4.74 Å². The summed E-state index contributed by atoms with van der Waals surface area (Å²) in [4.78, 5) is 10.0. The molecule has 0 spiro atoms. The lowest BCUT2D eigenvalue weighted by Gasteiger charge is -2.05. The van der Waals surface area contributed by atoms with Gasteiger partial charge in [-0.1, -0.05) is 0 Å². The largest absolute Gasteiger partial charge is 0.457 e. The maximum Gasteiger partial charge on any atom is 0.227 e. The van der Waals surface area contributed by atoms with Gasteiger partial charge in [-0.3, -0.25) is 4.79 Å². The second kappa shape index (κ2) is 6.30. The number of carbonyl (C=O) groups excluding carboxylic acids is 1. The highest BCUT2D eigenvalue weighted by molar-refractivity contribution is 5.80. The molecule has 0 radical (unpaired) electrons. The fraction of sp³-hybridized carbons (Fsp3) is 0. The Labute approximate surface area is 109 Å². The van der Waals surface area contributed by atoms with E-state index in [-0.39, 0.29) is 5.82 Å². The molecule has 2 aromatic rings. The standard InChI is InChI=1S/C14H11FN2O2/c15-12-3-7-14(8-4-12)19-13-5-1-11(2-6-13)9-16-17-10-18/h1-10H,(H,17,18)/b16-9+. The molecule has 0 heterocycles. The summed E-state index contributed by atoms with van der Waals surface area (Å²) in [5.41, 5.74) is 3.00. The number of carbonyl (C=O) groups is 1. The van der Waals surface area contributed by atoms with E-state index in [4.69, 9.17) is 4.74 Å². The van der Waals surface area contributed by atoms with Crippen molar-refractivity contribution in [2.45, 2.75) is 0 Å². The van der Waals surface area contributed by atoms with Gasteiger partial charge in [-0.2, -0.15) is 5.10 Å².